The third-order valence-electron chi connectivity index (χ3n) is 3.07. The lowest BCUT2D eigenvalue weighted by atomic mass is 10.1. The lowest BCUT2D eigenvalue weighted by Crippen LogP contribution is -2.16. The predicted octanol–water partition coefficient (Wildman–Crippen LogP) is 2.29. The van der Waals surface area contributed by atoms with E-state index in [1.54, 1.807) is 36.9 Å². The highest BCUT2D eigenvalue weighted by Crippen LogP contribution is 2.07. The largest absolute Gasteiger partial charge is 0.294 e. The van der Waals surface area contributed by atoms with Gasteiger partial charge in [-0.15, -0.1) is 0 Å². The summed E-state index contributed by atoms with van der Waals surface area (Å²) in [6, 6.07) is 5.71. The lowest BCUT2D eigenvalue weighted by molar-refractivity contribution is -0.115. The lowest BCUT2D eigenvalue weighted by Gasteiger charge is -2.04. The number of aromatic nitrogens is 3. The van der Waals surface area contributed by atoms with E-state index in [0.717, 1.165) is 30.4 Å². The van der Waals surface area contributed by atoms with Crippen LogP contribution in [0, 0.1) is 11.3 Å². The smallest absolute Gasteiger partial charge is 0.231 e. The number of pyridine rings is 1. The van der Waals surface area contributed by atoms with Crippen molar-refractivity contribution in [2.24, 2.45) is 0 Å². The van der Waals surface area contributed by atoms with Crippen molar-refractivity contribution >= 4 is 11.9 Å². The second-order valence-electron chi connectivity index (χ2n) is 4.86. The van der Waals surface area contributed by atoms with Crippen LogP contribution in [0.2, 0.25) is 0 Å². The highest BCUT2D eigenvalue weighted by molar-refractivity contribution is 5.90. The van der Waals surface area contributed by atoms with E-state index in [4.69, 9.17) is 5.26 Å². The number of carbonyl (C=O) groups is 1. The molecule has 2 rings (SSSR count). The maximum atomic E-state index is 11.9. The van der Waals surface area contributed by atoms with Crippen molar-refractivity contribution in [1.82, 2.24) is 15.0 Å². The Labute approximate surface area is 129 Å². The van der Waals surface area contributed by atoms with Crippen molar-refractivity contribution in [3.63, 3.8) is 0 Å². The summed E-state index contributed by atoms with van der Waals surface area (Å²) in [7, 11) is 0. The van der Waals surface area contributed by atoms with E-state index in [1.165, 1.54) is 0 Å². The molecule has 1 N–H and O–H groups in total. The fourth-order valence-corrected chi connectivity index (χ4v) is 1.94. The highest BCUT2D eigenvalue weighted by Gasteiger charge is 2.06. The number of rotatable bonds is 7. The first-order chi connectivity index (χ1) is 10.8. The Bertz CT molecular complexity index is 634. The first kappa shape index (κ1) is 15.6. The Morgan fingerprint density at radius 1 is 1.14 bits per heavy atom. The topological polar surface area (TPSA) is 91.6 Å². The summed E-state index contributed by atoms with van der Waals surface area (Å²) in [5, 5.41) is 11.1. The monoisotopic (exact) mass is 295 g/mol. The molecule has 0 aliphatic carbocycles. The van der Waals surface area contributed by atoms with Gasteiger partial charge in [0.05, 0.1) is 12.5 Å². The summed E-state index contributed by atoms with van der Waals surface area (Å²) >= 11 is 0. The number of hydrogen-bond acceptors (Lipinski definition) is 5. The molecule has 0 saturated carbocycles. The van der Waals surface area contributed by atoms with Gasteiger partial charge in [-0.3, -0.25) is 15.1 Å². The van der Waals surface area contributed by atoms with Gasteiger partial charge < -0.3 is 0 Å². The first-order valence-corrected chi connectivity index (χ1v) is 7.14. The molecule has 6 heteroatoms. The minimum atomic E-state index is -0.159. The zero-order chi connectivity index (χ0) is 15.6. The molecule has 0 saturated heterocycles. The number of hydrogen-bond donors (Lipinski definition) is 1. The number of nitriles is 1. The van der Waals surface area contributed by atoms with Crippen LogP contribution in [0.25, 0.3) is 0 Å². The van der Waals surface area contributed by atoms with E-state index in [9.17, 15) is 4.79 Å². The Morgan fingerprint density at radius 2 is 1.86 bits per heavy atom. The van der Waals surface area contributed by atoms with Crippen LogP contribution in [-0.4, -0.2) is 20.9 Å². The molecule has 0 aromatic carbocycles. The van der Waals surface area contributed by atoms with Crippen LogP contribution in [-0.2, 0) is 17.6 Å². The van der Waals surface area contributed by atoms with Crippen LogP contribution in [0.15, 0.2) is 36.9 Å². The minimum Gasteiger partial charge on any atom is -0.294 e. The van der Waals surface area contributed by atoms with Gasteiger partial charge in [-0.2, -0.15) is 5.26 Å². The SMILES string of the molecule is N#CCCCCc1cnc(NC(=O)Cc2ccncc2)nc1. The quantitative estimate of drug-likeness (QED) is 0.791. The van der Waals surface area contributed by atoms with Crippen LogP contribution < -0.4 is 5.32 Å². The molecule has 0 radical (unpaired) electrons. The molecule has 0 aliphatic rings. The maximum absolute atomic E-state index is 11.9. The number of nitrogens with zero attached hydrogens (tertiary/aromatic N) is 4. The van der Waals surface area contributed by atoms with E-state index in [2.05, 4.69) is 26.3 Å². The Morgan fingerprint density at radius 3 is 2.55 bits per heavy atom. The molecule has 2 aromatic rings. The van der Waals surface area contributed by atoms with Gasteiger partial charge in [-0.1, -0.05) is 0 Å². The summed E-state index contributed by atoms with van der Waals surface area (Å²) in [4.78, 5) is 24.1. The van der Waals surface area contributed by atoms with Gasteiger partial charge in [0.2, 0.25) is 11.9 Å². The van der Waals surface area contributed by atoms with Gasteiger partial charge in [-0.25, -0.2) is 9.97 Å². The van der Waals surface area contributed by atoms with Gasteiger partial charge in [0.15, 0.2) is 0 Å². The number of amides is 1. The van der Waals surface area contributed by atoms with E-state index < -0.39 is 0 Å². The standard InChI is InChI=1S/C16H17N5O/c17-7-3-1-2-4-14-11-19-16(20-12-14)21-15(22)10-13-5-8-18-9-6-13/h5-6,8-9,11-12H,1-4,10H2,(H,19,20,21,22). The number of anilines is 1. The third-order valence-corrected chi connectivity index (χ3v) is 3.07. The summed E-state index contributed by atoms with van der Waals surface area (Å²) < 4.78 is 0. The van der Waals surface area contributed by atoms with Gasteiger partial charge in [0.1, 0.15) is 0 Å². The molecule has 112 valence electrons. The van der Waals surface area contributed by atoms with Gasteiger partial charge in [0.25, 0.3) is 0 Å². The van der Waals surface area contributed by atoms with E-state index in [-0.39, 0.29) is 12.3 Å². The molecule has 22 heavy (non-hydrogen) atoms. The molecule has 0 unspecified atom stereocenters. The van der Waals surface area contributed by atoms with Gasteiger partial charge >= 0.3 is 0 Å². The Kier molecular flexibility index (Phi) is 6.00. The van der Waals surface area contributed by atoms with Gasteiger partial charge in [-0.05, 0) is 42.5 Å². The molecule has 0 atom stereocenters. The van der Waals surface area contributed by atoms with Crippen LogP contribution in [0.5, 0.6) is 0 Å². The molecule has 0 fully saturated rings. The molecular formula is C16H17N5O. The van der Waals surface area contributed by atoms with Crippen LogP contribution >= 0.6 is 0 Å². The number of aryl methyl sites for hydroxylation is 1. The molecule has 2 heterocycles. The van der Waals surface area contributed by atoms with Crippen molar-refractivity contribution in [3.05, 3.63) is 48.0 Å². The predicted molar refractivity (Wildman–Crippen MR) is 81.8 cm³/mol. The normalized spacial score (nSPS) is 9.95. The average Bonchev–Trinajstić information content (AvgIpc) is 2.54. The summed E-state index contributed by atoms with van der Waals surface area (Å²) in [6.07, 6.45) is 10.2. The molecule has 1 amide bonds. The average molecular weight is 295 g/mol. The van der Waals surface area contributed by atoms with Crippen LogP contribution in [0.1, 0.15) is 30.4 Å². The molecule has 0 spiro atoms. The van der Waals surface area contributed by atoms with Crippen LogP contribution in [0.4, 0.5) is 5.95 Å². The van der Waals surface area contributed by atoms with Crippen molar-refractivity contribution in [2.45, 2.75) is 32.1 Å². The first-order valence-electron chi connectivity index (χ1n) is 7.14. The molecule has 0 aliphatic heterocycles. The van der Waals surface area contributed by atoms with E-state index in [0.29, 0.717) is 12.4 Å². The maximum Gasteiger partial charge on any atom is 0.231 e. The zero-order valence-electron chi connectivity index (χ0n) is 12.2. The molecule has 6 nitrogen and oxygen atoms in total. The summed E-state index contributed by atoms with van der Waals surface area (Å²) in [6.45, 7) is 0. The molecule has 0 bridgehead atoms. The second kappa shape index (κ2) is 8.47. The fourth-order valence-electron chi connectivity index (χ4n) is 1.94. The van der Waals surface area contributed by atoms with Crippen molar-refractivity contribution in [1.29, 1.82) is 5.26 Å². The zero-order valence-corrected chi connectivity index (χ0v) is 12.2. The Hall–Kier alpha value is -2.81. The number of carbonyl (C=O) groups excluding carboxylic acids is 1. The van der Waals surface area contributed by atoms with Crippen molar-refractivity contribution in [3.8, 4) is 6.07 Å². The van der Waals surface area contributed by atoms with E-state index >= 15 is 0 Å². The molecule has 2 aromatic heterocycles. The second-order valence-corrected chi connectivity index (χ2v) is 4.86. The summed E-state index contributed by atoms with van der Waals surface area (Å²) in [5.74, 6) is 0.146. The van der Waals surface area contributed by atoms with Crippen molar-refractivity contribution in [2.75, 3.05) is 5.32 Å². The summed E-state index contributed by atoms with van der Waals surface area (Å²) in [5.41, 5.74) is 1.90. The Balaban J connectivity index is 1.81. The van der Waals surface area contributed by atoms with Crippen LogP contribution in [0.3, 0.4) is 0 Å². The van der Waals surface area contributed by atoms with E-state index in [1.807, 2.05) is 0 Å². The third kappa shape index (κ3) is 5.29. The molecular weight excluding hydrogens is 278 g/mol. The van der Waals surface area contributed by atoms with Gasteiger partial charge in [0, 0.05) is 31.2 Å². The minimum absolute atomic E-state index is 0.159. The number of nitrogens with one attached hydrogen (secondary N) is 1. The highest BCUT2D eigenvalue weighted by atomic mass is 16.1. The number of unbranched alkanes of at least 4 members (excludes halogenated alkanes) is 2. The fraction of sp³-hybridized carbons (Fsp3) is 0.312. The van der Waals surface area contributed by atoms with Crippen molar-refractivity contribution < 1.29 is 4.79 Å².